The Morgan fingerprint density at radius 2 is 2.24 bits per heavy atom. The number of thiocarbonyl (C=S) groups is 1. The third kappa shape index (κ3) is 2.29. The molecule has 5 heteroatoms. The second-order valence-electron chi connectivity index (χ2n) is 3.52. The highest BCUT2D eigenvalue weighted by Gasteiger charge is 2.29. The first-order valence-corrected chi connectivity index (χ1v) is 5.38. The summed E-state index contributed by atoms with van der Waals surface area (Å²) in [5.74, 6) is 0.712. The van der Waals surface area contributed by atoms with Gasteiger partial charge >= 0.3 is 0 Å². The van der Waals surface area contributed by atoms with Gasteiger partial charge in [-0.05, 0) is 36.0 Å². The molecule has 1 aliphatic heterocycles. The Balaban J connectivity index is 2.30. The molecule has 0 atom stereocenters. The van der Waals surface area contributed by atoms with Crippen LogP contribution in [0, 0.1) is 0 Å². The average molecular weight is 249 g/mol. The van der Waals surface area contributed by atoms with E-state index in [0.29, 0.717) is 0 Å². The number of likely N-dealkylation sites (N-methyl/N-ethyl adjacent to an activating group) is 1. The van der Waals surface area contributed by atoms with E-state index in [2.05, 4.69) is 0 Å². The Morgan fingerprint density at radius 3 is 2.82 bits per heavy atom. The summed E-state index contributed by atoms with van der Waals surface area (Å²) >= 11 is 4.88. The van der Waals surface area contributed by atoms with E-state index in [9.17, 15) is 4.79 Å². The summed E-state index contributed by atoms with van der Waals surface area (Å²) in [6.45, 7) is 0. The zero-order chi connectivity index (χ0) is 12.4. The van der Waals surface area contributed by atoms with Gasteiger partial charge < -0.3 is 9.47 Å². The van der Waals surface area contributed by atoms with Crippen LogP contribution in [0.2, 0.25) is 0 Å². The first-order valence-electron chi connectivity index (χ1n) is 4.97. The smallest absolute Gasteiger partial charge is 0.296 e. The molecule has 1 aromatic rings. The molecular formula is C12H11NO3S. The molecule has 1 amide bonds. The molecule has 1 saturated heterocycles. The van der Waals surface area contributed by atoms with Crippen molar-refractivity contribution in [2.24, 2.45) is 0 Å². The number of carbonyl (C=O) groups is 1. The van der Waals surface area contributed by atoms with Gasteiger partial charge in [-0.15, -0.1) is 0 Å². The normalized spacial score (nSPS) is 17.5. The minimum atomic E-state index is -0.238. The number of benzene rings is 1. The molecule has 1 heterocycles. The van der Waals surface area contributed by atoms with Crippen LogP contribution in [0.5, 0.6) is 5.75 Å². The van der Waals surface area contributed by atoms with Gasteiger partial charge in [0.15, 0.2) is 5.76 Å². The fourth-order valence-electron chi connectivity index (χ4n) is 1.43. The summed E-state index contributed by atoms with van der Waals surface area (Å²) in [5, 5.41) is 0.171. The predicted octanol–water partition coefficient (Wildman–Crippen LogP) is 1.81. The molecule has 0 N–H and O–H groups in total. The van der Waals surface area contributed by atoms with Crippen LogP contribution in [0.25, 0.3) is 6.08 Å². The molecule has 4 nitrogen and oxygen atoms in total. The van der Waals surface area contributed by atoms with E-state index in [1.165, 1.54) is 4.90 Å². The van der Waals surface area contributed by atoms with Crippen molar-refractivity contribution in [1.29, 1.82) is 0 Å². The minimum absolute atomic E-state index is 0.171. The number of rotatable bonds is 2. The maximum absolute atomic E-state index is 11.7. The summed E-state index contributed by atoms with van der Waals surface area (Å²) in [5.41, 5.74) is 0.825. The van der Waals surface area contributed by atoms with Crippen LogP contribution in [0.3, 0.4) is 0 Å². The Hall–Kier alpha value is -1.88. The molecule has 0 unspecified atom stereocenters. The van der Waals surface area contributed by atoms with Crippen molar-refractivity contribution in [3.63, 3.8) is 0 Å². The van der Waals surface area contributed by atoms with Crippen LogP contribution in [0.15, 0.2) is 30.0 Å². The van der Waals surface area contributed by atoms with Crippen LogP contribution >= 0.6 is 12.2 Å². The number of nitrogens with zero attached hydrogens (tertiary/aromatic N) is 1. The van der Waals surface area contributed by atoms with Gasteiger partial charge in [0.2, 0.25) is 0 Å². The number of amides is 1. The summed E-state index contributed by atoms with van der Waals surface area (Å²) < 4.78 is 10.3. The molecule has 1 aromatic carbocycles. The maximum Gasteiger partial charge on any atom is 0.296 e. The summed E-state index contributed by atoms with van der Waals surface area (Å²) in [6.07, 6.45) is 1.64. The van der Waals surface area contributed by atoms with Crippen molar-refractivity contribution in [2.75, 3.05) is 14.2 Å². The fraction of sp³-hybridized carbons (Fsp3) is 0.167. The lowest BCUT2D eigenvalue weighted by Crippen LogP contribution is -2.22. The molecule has 0 aromatic heterocycles. The van der Waals surface area contributed by atoms with Gasteiger partial charge in [-0.3, -0.25) is 9.69 Å². The van der Waals surface area contributed by atoms with Gasteiger partial charge in [0.1, 0.15) is 5.75 Å². The Bertz CT molecular complexity index is 510. The fourth-order valence-corrected chi connectivity index (χ4v) is 1.60. The molecule has 17 heavy (non-hydrogen) atoms. The Morgan fingerprint density at radius 1 is 1.47 bits per heavy atom. The van der Waals surface area contributed by atoms with E-state index in [1.54, 1.807) is 20.2 Å². The van der Waals surface area contributed by atoms with Crippen molar-refractivity contribution in [3.05, 3.63) is 35.6 Å². The molecule has 88 valence electrons. The van der Waals surface area contributed by atoms with Crippen molar-refractivity contribution in [3.8, 4) is 5.75 Å². The van der Waals surface area contributed by atoms with Gasteiger partial charge in [-0.1, -0.05) is 12.1 Å². The summed E-state index contributed by atoms with van der Waals surface area (Å²) in [7, 11) is 3.17. The molecule has 0 aliphatic carbocycles. The van der Waals surface area contributed by atoms with Crippen LogP contribution < -0.4 is 4.74 Å². The Labute approximate surface area is 104 Å². The van der Waals surface area contributed by atoms with E-state index in [4.69, 9.17) is 21.7 Å². The third-order valence-corrected chi connectivity index (χ3v) is 2.74. The molecule has 1 aliphatic rings. The summed E-state index contributed by atoms with van der Waals surface area (Å²) in [6, 6.07) is 7.33. The van der Waals surface area contributed by atoms with E-state index in [1.807, 2.05) is 24.3 Å². The van der Waals surface area contributed by atoms with Crippen LogP contribution in [0.4, 0.5) is 0 Å². The molecule has 0 spiro atoms. The maximum atomic E-state index is 11.7. The quantitative estimate of drug-likeness (QED) is 0.592. The molecule has 2 rings (SSSR count). The molecule has 0 radical (unpaired) electrons. The second-order valence-corrected chi connectivity index (χ2v) is 3.87. The number of methoxy groups -OCH3 is 1. The monoisotopic (exact) mass is 249 g/mol. The van der Waals surface area contributed by atoms with Crippen LogP contribution in [0.1, 0.15) is 5.56 Å². The van der Waals surface area contributed by atoms with E-state index in [0.717, 1.165) is 11.3 Å². The third-order valence-electron chi connectivity index (χ3n) is 2.38. The first-order chi connectivity index (χ1) is 8.11. The largest absolute Gasteiger partial charge is 0.497 e. The van der Waals surface area contributed by atoms with Crippen LogP contribution in [-0.2, 0) is 9.53 Å². The van der Waals surface area contributed by atoms with E-state index in [-0.39, 0.29) is 16.8 Å². The lowest BCUT2D eigenvalue weighted by Gasteiger charge is -2.00. The average Bonchev–Trinajstić information content (AvgIpc) is 2.57. The predicted molar refractivity (Wildman–Crippen MR) is 67.4 cm³/mol. The highest BCUT2D eigenvalue weighted by molar-refractivity contribution is 7.80. The molecule has 0 bridgehead atoms. The Kier molecular flexibility index (Phi) is 3.10. The highest BCUT2D eigenvalue weighted by Crippen LogP contribution is 2.20. The van der Waals surface area contributed by atoms with Crippen molar-refractivity contribution in [1.82, 2.24) is 4.90 Å². The summed E-state index contributed by atoms with van der Waals surface area (Å²) in [4.78, 5) is 13.0. The lowest BCUT2D eigenvalue weighted by atomic mass is 10.2. The molecule has 0 saturated carbocycles. The van der Waals surface area contributed by atoms with Gasteiger partial charge in [-0.2, -0.15) is 0 Å². The van der Waals surface area contributed by atoms with Gasteiger partial charge in [0.05, 0.1) is 7.11 Å². The number of hydrogen-bond acceptors (Lipinski definition) is 4. The number of hydrogen-bond donors (Lipinski definition) is 0. The van der Waals surface area contributed by atoms with Gasteiger partial charge in [0, 0.05) is 7.05 Å². The SMILES string of the molecule is COc1cccc(C=C2OC(=S)N(C)C2=O)c1. The van der Waals surface area contributed by atoms with Crippen molar-refractivity contribution >= 4 is 29.4 Å². The zero-order valence-corrected chi connectivity index (χ0v) is 10.3. The van der Waals surface area contributed by atoms with Crippen molar-refractivity contribution in [2.45, 2.75) is 0 Å². The lowest BCUT2D eigenvalue weighted by molar-refractivity contribution is -0.122. The number of ether oxygens (including phenoxy) is 2. The zero-order valence-electron chi connectivity index (χ0n) is 9.47. The minimum Gasteiger partial charge on any atom is -0.497 e. The van der Waals surface area contributed by atoms with E-state index >= 15 is 0 Å². The topological polar surface area (TPSA) is 38.8 Å². The molecule has 1 fully saturated rings. The standard InChI is InChI=1S/C12H11NO3S/c1-13-11(14)10(16-12(13)17)7-8-4-3-5-9(6-8)15-2/h3-7H,1-2H3. The van der Waals surface area contributed by atoms with E-state index < -0.39 is 0 Å². The van der Waals surface area contributed by atoms with Crippen LogP contribution in [-0.4, -0.2) is 30.1 Å². The second kappa shape index (κ2) is 4.55. The van der Waals surface area contributed by atoms with Gasteiger partial charge in [0.25, 0.3) is 11.1 Å². The molecular weight excluding hydrogens is 238 g/mol. The highest BCUT2D eigenvalue weighted by atomic mass is 32.1. The first kappa shape index (κ1) is 11.6. The van der Waals surface area contributed by atoms with Crippen molar-refractivity contribution < 1.29 is 14.3 Å². The number of carbonyl (C=O) groups excluding carboxylic acids is 1. The van der Waals surface area contributed by atoms with Gasteiger partial charge in [-0.25, -0.2) is 0 Å².